The average Bonchev–Trinajstić information content (AvgIpc) is 3.41. The molecule has 2 N–H and O–H groups in total. The molecule has 2 bridgehead atoms. The first-order chi connectivity index (χ1) is 12.4. The molecule has 0 saturated heterocycles. The van der Waals surface area contributed by atoms with Gasteiger partial charge in [0.05, 0.1) is 11.0 Å². The number of ether oxygens (including phenoxy) is 1. The number of phenolic OH excluding ortho intramolecular Hbond substituents is 1. The van der Waals surface area contributed by atoms with Crippen LogP contribution in [0.15, 0.2) is 12.1 Å². The van der Waals surface area contributed by atoms with Crippen molar-refractivity contribution >= 4 is 5.78 Å². The maximum Gasteiger partial charge on any atom is 0.174 e. The van der Waals surface area contributed by atoms with Gasteiger partial charge < -0.3 is 14.9 Å². The summed E-state index contributed by atoms with van der Waals surface area (Å²) in [6.07, 6.45) is 6.02. The standard InChI is InChI=1S/C22H24O4/c1-19(8-11-2-3-11)18-20(19)9-12-4-5-13(23)16-15(12)21(10-20)17(26-16)14(24)6-7-22(18,21)25/h4-5,11,17-18,23,25H,2-3,6-10H2,1H3/t17-,18+,19?,20?,21?,22+/m0/s1. The van der Waals surface area contributed by atoms with Crippen LogP contribution >= 0.6 is 0 Å². The minimum absolute atomic E-state index is 0.0958. The van der Waals surface area contributed by atoms with Gasteiger partial charge in [0.15, 0.2) is 23.4 Å². The molecule has 1 aromatic carbocycles. The highest BCUT2D eigenvalue weighted by molar-refractivity contribution is 5.90. The number of carbonyl (C=O) groups excluding carboxylic acids is 1. The molecule has 6 atom stereocenters. The molecule has 26 heavy (non-hydrogen) atoms. The van der Waals surface area contributed by atoms with Gasteiger partial charge in [-0.2, -0.15) is 0 Å². The molecule has 0 amide bonds. The number of aliphatic hydroxyl groups is 1. The summed E-state index contributed by atoms with van der Waals surface area (Å²) in [6, 6.07) is 3.73. The largest absolute Gasteiger partial charge is 0.504 e. The highest BCUT2D eigenvalue weighted by Gasteiger charge is 2.92. The smallest absolute Gasteiger partial charge is 0.174 e. The van der Waals surface area contributed by atoms with Crippen LogP contribution in [0.3, 0.4) is 0 Å². The van der Waals surface area contributed by atoms with Crippen molar-refractivity contribution < 1.29 is 19.7 Å². The molecule has 4 saturated carbocycles. The molecule has 1 aliphatic heterocycles. The molecule has 2 spiro atoms. The number of fused-ring (bicyclic) bond motifs is 1. The van der Waals surface area contributed by atoms with Crippen LogP contribution in [-0.2, 0) is 16.6 Å². The Morgan fingerprint density at radius 1 is 1.31 bits per heavy atom. The van der Waals surface area contributed by atoms with E-state index in [1.165, 1.54) is 24.8 Å². The van der Waals surface area contributed by atoms with Gasteiger partial charge >= 0.3 is 0 Å². The first-order valence-electron chi connectivity index (χ1n) is 10.1. The molecule has 4 fully saturated rings. The van der Waals surface area contributed by atoms with Crippen molar-refractivity contribution in [2.75, 3.05) is 0 Å². The van der Waals surface area contributed by atoms with Crippen LogP contribution in [0.5, 0.6) is 11.5 Å². The average molecular weight is 352 g/mol. The lowest BCUT2D eigenvalue weighted by atomic mass is 9.53. The van der Waals surface area contributed by atoms with Crippen molar-refractivity contribution in [2.45, 2.75) is 69.0 Å². The maximum atomic E-state index is 12.8. The van der Waals surface area contributed by atoms with Crippen molar-refractivity contribution in [1.82, 2.24) is 0 Å². The van der Waals surface area contributed by atoms with Gasteiger partial charge in [0.2, 0.25) is 0 Å². The third kappa shape index (κ3) is 1.16. The molecule has 1 heterocycles. The van der Waals surface area contributed by atoms with Gasteiger partial charge in [-0.25, -0.2) is 0 Å². The molecule has 4 nitrogen and oxygen atoms in total. The molecule has 0 aromatic heterocycles. The van der Waals surface area contributed by atoms with Crippen molar-refractivity contribution in [3.05, 3.63) is 23.3 Å². The van der Waals surface area contributed by atoms with Crippen molar-refractivity contribution in [3.63, 3.8) is 0 Å². The van der Waals surface area contributed by atoms with Gasteiger partial charge in [0.25, 0.3) is 0 Å². The van der Waals surface area contributed by atoms with E-state index in [0.29, 0.717) is 18.6 Å². The highest BCUT2D eigenvalue weighted by atomic mass is 16.5. The first-order valence-corrected chi connectivity index (χ1v) is 10.1. The number of phenols is 1. The monoisotopic (exact) mass is 352 g/mol. The van der Waals surface area contributed by atoms with Gasteiger partial charge in [-0.1, -0.05) is 25.8 Å². The normalized spacial score (nSPS) is 51.7. The van der Waals surface area contributed by atoms with E-state index in [2.05, 4.69) is 6.92 Å². The Morgan fingerprint density at radius 3 is 2.88 bits per heavy atom. The number of aromatic hydroxyl groups is 1. The van der Waals surface area contributed by atoms with E-state index in [9.17, 15) is 15.0 Å². The van der Waals surface area contributed by atoms with Crippen LogP contribution in [-0.4, -0.2) is 27.7 Å². The Kier molecular flexibility index (Phi) is 2.07. The Morgan fingerprint density at radius 2 is 2.12 bits per heavy atom. The minimum Gasteiger partial charge on any atom is -0.504 e. The third-order valence-electron chi connectivity index (χ3n) is 9.40. The number of hydrogen-bond acceptors (Lipinski definition) is 4. The second-order valence-corrected chi connectivity index (χ2v) is 10.3. The van der Waals surface area contributed by atoms with Crippen molar-refractivity contribution in [3.8, 4) is 11.5 Å². The molecule has 5 aliphatic carbocycles. The van der Waals surface area contributed by atoms with Crippen LogP contribution < -0.4 is 4.74 Å². The van der Waals surface area contributed by atoms with Gasteiger partial charge in [-0.3, -0.25) is 4.79 Å². The van der Waals surface area contributed by atoms with Crippen LogP contribution in [0.4, 0.5) is 0 Å². The lowest BCUT2D eigenvalue weighted by Gasteiger charge is -2.51. The van der Waals surface area contributed by atoms with Crippen LogP contribution in [0.1, 0.15) is 56.6 Å². The van der Waals surface area contributed by atoms with Gasteiger partial charge in [0, 0.05) is 17.9 Å². The lowest BCUT2D eigenvalue weighted by Crippen LogP contribution is -2.64. The summed E-state index contributed by atoms with van der Waals surface area (Å²) in [4.78, 5) is 12.8. The molecule has 6 aliphatic rings. The van der Waals surface area contributed by atoms with Crippen LogP contribution in [0.2, 0.25) is 0 Å². The summed E-state index contributed by atoms with van der Waals surface area (Å²) in [7, 11) is 0. The topological polar surface area (TPSA) is 66.8 Å². The van der Waals surface area contributed by atoms with E-state index in [-0.39, 0.29) is 28.3 Å². The van der Waals surface area contributed by atoms with Crippen molar-refractivity contribution in [2.24, 2.45) is 22.7 Å². The number of benzene rings is 1. The molecule has 1 aromatic rings. The number of Topliss-reactive ketones (excluding diaryl/α,β-unsaturated/α-hetero) is 1. The van der Waals surface area contributed by atoms with E-state index in [1.54, 1.807) is 6.07 Å². The molecular weight excluding hydrogens is 328 g/mol. The van der Waals surface area contributed by atoms with E-state index >= 15 is 0 Å². The summed E-state index contributed by atoms with van der Waals surface area (Å²) >= 11 is 0. The minimum atomic E-state index is -0.875. The highest BCUT2D eigenvalue weighted by Crippen LogP contribution is 2.90. The SMILES string of the molecule is CC1(CC2CC2)[C@@H]2C13Cc1ccc(O)c4c1C1(C3)[C@@H](O4)C(=O)CC[C@@]21O. The summed E-state index contributed by atoms with van der Waals surface area (Å²) in [6.45, 7) is 2.40. The third-order valence-corrected chi connectivity index (χ3v) is 9.40. The second-order valence-electron chi connectivity index (χ2n) is 10.3. The predicted molar refractivity (Wildman–Crippen MR) is 93.1 cm³/mol. The van der Waals surface area contributed by atoms with E-state index in [0.717, 1.165) is 24.3 Å². The summed E-state index contributed by atoms with van der Waals surface area (Å²) in [5.41, 5.74) is 0.933. The fraction of sp³-hybridized carbons (Fsp3) is 0.682. The Balaban J connectivity index is 1.51. The van der Waals surface area contributed by atoms with Gasteiger partial charge in [0.1, 0.15) is 0 Å². The quantitative estimate of drug-likeness (QED) is 0.859. The van der Waals surface area contributed by atoms with Crippen molar-refractivity contribution in [1.29, 1.82) is 0 Å². The number of rotatable bonds is 2. The lowest BCUT2D eigenvalue weighted by molar-refractivity contribution is -0.152. The van der Waals surface area contributed by atoms with E-state index in [4.69, 9.17) is 4.74 Å². The van der Waals surface area contributed by atoms with E-state index < -0.39 is 17.1 Å². The van der Waals surface area contributed by atoms with E-state index in [1.807, 2.05) is 6.07 Å². The molecule has 136 valence electrons. The zero-order valence-corrected chi connectivity index (χ0v) is 15.0. The van der Waals surface area contributed by atoms with Gasteiger partial charge in [-0.05, 0) is 54.1 Å². The fourth-order valence-electron chi connectivity index (χ4n) is 8.48. The van der Waals surface area contributed by atoms with Crippen LogP contribution in [0, 0.1) is 22.7 Å². The number of carbonyl (C=O) groups is 1. The summed E-state index contributed by atoms with van der Waals surface area (Å²) in [5, 5.41) is 22.6. The zero-order chi connectivity index (χ0) is 17.7. The molecule has 7 rings (SSSR count). The zero-order valence-electron chi connectivity index (χ0n) is 15.0. The Labute approximate surface area is 152 Å². The summed E-state index contributed by atoms with van der Waals surface area (Å²) < 4.78 is 6.10. The molecule has 3 unspecified atom stereocenters. The summed E-state index contributed by atoms with van der Waals surface area (Å²) in [5.74, 6) is 1.76. The molecular formula is C22H24O4. The fourth-order valence-corrected chi connectivity index (χ4v) is 8.48. The Hall–Kier alpha value is -1.55. The Bertz CT molecular complexity index is 919. The predicted octanol–water partition coefficient (Wildman–Crippen LogP) is 2.87. The van der Waals surface area contributed by atoms with Crippen LogP contribution in [0.25, 0.3) is 0 Å². The molecule has 4 heteroatoms. The maximum absolute atomic E-state index is 12.8. The number of ketones is 1. The number of hydrogen-bond donors (Lipinski definition) is 2. The molecule has 0 radical (unpaired) electrons. The first kappa shape index (κ1) is 14.5. The second kappa shape index (κ2) is 3.71. The van der Waals surface area contributed by atoms with Gasteiger partial charge in [-0.15, -0.1) is 0 Å².